The van der Waals surface area contributed by atoms with Crippen LogP contribution in [0.5, 0.6) is 11.5 Å². The number of amides is 1. The highest BCUT2D eigenvalue weighted by atomic mass is 16.6. The molecule has 0 atom stereocenters. The zero-order valence-electron chi connectivity index (χ0n) is 10.0. The molecular weight excluding hydrogens is 232 g/mol. The zero-order valence-corrected chi connectivity index (χ0v) is 10.0. The van der Waals surface area contributed by atoms with Crippen molar-refractivity contribution in [3.63, 3.8) is 0 Å². The number of nitrogens with two attached hydrogens (primary N) is 1. The van der Waals surface area contributed by atoms with Gasteiger partial charge in [0.05, 0.1) is 5.52 Å². The number of hydrogen-bond donors (Lipinski definition) is 2. The summed E-state index contributed by atoms with van der Waals surface area (Å²) >= 11 is 0. The van der Waals surface area contributed by atoms with E-state index in [0.717, 1.165) is 16.7 Å². The van der Waals surface area contributed by atoms with Gasteiger partial charge in [0.2, 0.25) is 0 Å². The lowest BCUT2D eigenvalue weighted by atomic mass is 10.2. The Morgan fingerprint density at radius 2 is 1.94 bits per heavy atom. The van der Waals surface area contributed by atoms with Gasteiger partial charge in [0.15, 0.2) is 11.5 Å². The Morgan fingerprint density at radius 1 is 1.22 bits per heavy atom. The third-order valence-electron chi connectivity index (χ3n) is 3.00. The first kappa shape index (κ1) is 10.7. The number of aromatic nitrogens is 1. The van der Waals surface area contributed by atoms with Gasteiger partial charge in [-0.3, -0.25) is 4.79 Å². The minimum atomic E-state index is -0.500. The fourth-order valence-electron chi connectivity index (χ4n) is 1.94. The Balaban J connectivity index is 2.23. The van der Waals surface area contributed by atoms with E-state index in [9.17, 15) is 4.79 Å². The molecule has 0 saturated heterocycles. The summed E-state index contributed by atoms with van der Waals surface area (Å²) in [5.74, 6) is 2.18. The number of carbonyl (C=O) groups is 1. The van der Waals surface area contributed by atoms with Crippen molar-refractivity contribution in [1.29, 1.82) is 0 Å². The van der Waals surface area contributed by atoms with E-state index in [1.54, 1.807) is 12.1 Å². The van der Waals surface area contributed by atoms with E-state index >= 15 is 0 Å². The van der Waals surface area contributed by atoms with Crippen LogP contribution in [-0.4, -0.2) is 10.9 Å². The van der Waals surface area contributed by atoms with Crippen LogP contribution in [0.3, 0.4) is 0 Å². The summed E-state index contributed by atoms with van der Waals surface area (Å²) < 4.78 is 11.4. The average Bonchev–Trinajstić information content (AvgIpc) is 2.75. The molecule has 1 amide bonds. The highest BCUT2D eigenvalue weighted by Gasteiger charge is 2.20. The summed E-state index contributed by atoms with van der Waals surface area (Å²) in [6.07, 6.45) is 0. The molecule has 2 aromatic rings. The van der Waals surface area contributed by atoms with E-state index in [0.29, 0.717) is 23.0 Å². The van der Waals surface area contributed by atoms with Crippen LogP contribution in [-0.2, 0) is 0 Å². The number of carbonyl (C=O) groups excluding carboxylic acids is 1. The first-order valence-corrected chi connectivity index (χ1v) is 5.55. The number of allylic oxidation sites excluding steroid dienone is 2. The second-order valence-corrected chi connectivity index (χ2v) is 4.22. The molecule has 1 aromatic heterocycles. The average molecular weight is 244 g/mol. The van der Waals surface area contributed by atoms with Crippen LogP contribution in [0.1, 0.15) is 24.3 Å². The van der Waals surface area contributed by atoms with Gasteiger partial charge in [-0.05, 0) is 32.0 Å². The van der Waals surface area contributed by atoms with Crippen LogP contribution < -0.4 is 15.2 Å². The van der Waals surface area contributed by atoms with Crippen molar-refractivity contribution >= 4 is 16.8 Å². The van der Waals surface area contributed by atoms with Gasteiger partial charge in [-0.1, -0.05) is 0 Å². The molecule has 92 valence electrons. The number of nitrogens with one attached hydrogen (secondary N) is 1. The maximum Gasteiger partial charge on any atom is 0.265 e. The second-order valence-electron chi connectivity index (χ2n) is 4.22. The molecule has 1 aromatic carbocycles. The maximum absolute atomic E-state index is 11.2. The first-order valence-electron chi connectivity index (χ1n) is 5.55. The van der Waals surface area contributed by atoms with Gasteiger partial charge in [-0.2, -0.15) is 0 Å². The SMILES string of the molecule is CC1=C(C)Oc2c(ccc3[nH]c(C(N)=O)cc23)O1. The van der Waals surface area contributed by atoms with Crippen molar-refractivity contribution in [1.82, 2.24) is 4.98 Å². The molecular formula is C13H12N2O3. The van der Waals surface area contributed by atoms with E-state index in [2.05, 4.69) is 4.98 Å². The summed E-state index contributed by atoms with van der Waals surface area (Å²) in [7, 11) is 0. The summed E-state index contributed by atoms with van der Waals surface area (Å²) in [5.41, 5.74) is 6.39. The van der Waals surface area contributed by atoms with Crippen LogP contribution >= 0.6 is 0 Å². The molecule has 0 unspecified atom stereocenters. The molecule has 5 nitrogen and oxygen atoms in total. The highest BCUT2D eigenvalue weighted by Crippen LogP contribution is 2.41. The fourth-order valence-corrected chi connectivity index (χ4v) is 1.94. The van der Waals surface area contributed by atoms with Gasteiger partial charge < -0.3 is 20.2 Å². The summed E-state index contributed by atoms with van der Waals surface area (Å²) in [6.45, 7) is 3.67. The van der Waals surface area contributed by atoms with Crippen molar-refractivity contribution < 1.29 is 14.3 Å². The van der Waals surface area contributed by atoms with Gasteiger partial charge in [0, 0.05) is 5.39 Å². The third kappa shape index (κ3) is 1.44. The molecule has 0 aliphatic carbocycles. The number of aromatic amines is 1. The molecule has 0 radical (unpaired) electrons. The van der Waals surface area contributed by atoms with Gasteiger partial charge in [0.1, 0.15) is 17.2 Å². The molecule has 3 N–H and O–H groups in total. The zero-order chi connectivity index (χ0) is 12.9. The molecule has 5 heteroatoms. The standard InChI is InChI=1S/C13H12N2O3/c1-6-7(2)18-12-8-5-10(13(14)16)15-9(8)3-4-11(12)17-6/h3-5,15H,1-2H3,(H2,14,16). The van der Waals surface area contributed by atoms with Crippen LogP contribution in [0.2, 0.25) is 0 Å². The monoisotopic (exact) mass is 244 g/mol. The number of ether oxygens (including phenoxy) is 2. The highest BCUT2D eigenvalue weighted by molar-refractivity contribution is 5.99. The predicted octanol–water partition coefficient (Wildman–Crippen LogP) is 2.29. The Bertz CT molecular complexity index is 698. The van der Waals surface area contributed by atoms with Crippen molar-refractivity contribution in [2.24, 2.45) is 5.73 Å². The van der Waals surface area contributed by atoms with E-state index < -0.39 is 5.91 Å². The van der Waals surface area contributed by atoms with Crippen molar-refractivity contribution in [3.05, 3.63) is 35.4 Å². The lowest BCUT2D eigenvalue weighted by Crippen LogP contribution is -2.10. The van der Waals surface area contributed by atoms with Crippen molar-refractivity contribution in [2.75, 3.05) is 0 Å². The largest absolute Gasteiger partial charge is 0.455 e. The quantitative estimate of drug-likeness (QED) is 0.807. The molecule has 1 aliphatic heterocycles. The fraction of sp³-hybridized carbons (Fsp3) is 0.154. The van der Waals surface area contributed by atoms with Gasteiger partial charge in [0.25, 0.3) is 5.91 Å². The van der Waals surface area contributed by atoms with Gasteiger partial charge >= 0.3 is 0 Å². The Hall–Kier alpha value is -2.43. The lowest BCUT2D eigenvalue weighted by molar-refractivity contribution is 0.0996. The second kappa shape index (κ2) is 3.53. The van der Waals surface area contributed by atoms with Crippen LogP contribution in [0.15, 0.2) is 29.7 Å². The van der Waals surface area contributed by atoms with E-state index in [1.807, 2.05) is 19.9 Å². The molecule has 0 saturated carbocycles. The Morgan fingerprint density at radius 3 is 2.67 bits per heavy atom. The predicted molar refractivity (Wildman–Crippen MR) is 66.4 cm³/mol. The number of H-pyrrole nitrogens is 1. The van der Waals surface area contributed by atoms with E-state index in [-0.39, 0.29) is 0 Å². The molecule has 0 bridgehead atoms. The van der Waals surface area contributed by atoms with Crippen molar-refractivity contribution in [2.45, 2.75) is 13.8 Å². The van der Waals surface area contributed by atoms with E-state index in [4.69, 9.17) is 15.2 Å². The normalized spacial score (nSPS) is 14.1. The van der Waals surface area contributed by atoms with E-state index in [1.165, 1.54) is 0 Å². The van der Waals surface area contributed by atoms with Crippen LogP contribution in [0, 0.1) is 0 Å². The first-order chi connectivity index (χ1) is 8.56. The Labute approximate surface area is 103 Å². The van der Waals surface area contributed by atoms with Crippen molar-refractivity contribution in [3.8, 4) is 11.5 Å². The number of rotatable bonds is 1. The number of benzene rings is 1. The number of primary amides is 1. The Kier molecular flexibility index (Phi) is 2.10. The molecule has 2 heterocycles. The molecule has 1 aliphatic rings. The van der Waals surface area contributed by atoms with Gasteiger partial charge in [-0.15, -0.1) is 0 Å². The summed E-state index contributed by atoms with van der Waals surface area (Å²) in [5, 5.41) is 0.785. The number of hydrogen-bond acceptors (Lipinski definition) is 3. The third-order valence-corrected chi connectivity index (χ3v) is 3.00. The molecule has 18 heavy (non-hydrogen) atoms. The number of fused-ring (bicyclic) bond motifs is 3. The molecule has 0 spiro atoms. The van der Waals surface area contributed by atoms with Crippen LogP contribution in [0.4, 0.5) is 0 Å². The maximum atomic E-state index is 11.2. The molecule has 3 rings (SSSR count). The minimum absolute atomic E-state index is 0.353. The lowest BCUT2D eigenvalue weighted by Gasteiger charge is -2.20. The summed E-state index contributed by atoms with van der Waals surface area (Å²) in [6, 6.07) is 5.31. The van der Waals surface area contributed by atoms with Crippen LogP contribution in [0.25, 0.3) is 10.9 Å². The molecule has 0 fully saturated rings. The summed E-state index contributed by atoms with van der Waals surface area (Å²) in [4.78, 5) is 14.1. The topological polar surface area (TPSA) is 77.3 Å². The van der Waals surface area contributed by atoms with Gasteiger partial charge in [-0.25, -0.2) is 0 Å². The minimum Gasteiger partial charge on any atom is -0.455 e. The smallest absolute Gasteiger partial charge is 0.265 e.